The summed E-state index contributed by atoms with van der Waals surface area (Å²) < 4.78 is 5.55. The summed E-state index contributed by atoms with van der Waals surface area (Å²) in [4.78, 5) is 11.9. The van der Waals surface area contributed by atoms with Gasteiger partial charge in [-0.2, -0.15) is 11.8 Å². The normalized spacial score (nSPS) is 17.9. The van der Waals surface area contributed by atoms with Crippen molar-refractivity contribution in [1.82, 2.24) is 5.32 Å². The monoisotopic (exact) mass is 268 g/mol. The number of rotatable bonds is 5. The lowest BCUT2D eigenvalue weighted by Crippen LogP contribution is -2.38. The fourth-order valence-electron chi connectivity index (χ4n) is 2.41. The lowest BCUT2D eigenvalue weighted by Gasteiger charge is -2.26. The van der Waals surface area contributed by atoms with Gasteiger partial charge in [0, 0.05) is 11.3 Å². The molecule has 1 heterocycles. The third kappa shape index (κ3) is 2.90. The molecule has 1 fully saturated rings. The van der Waals surface area contributed by atoms with E-state index >= 15 is 0 Å². The number of nitrogens with two attached hydrogens (primary N) is 1. The van der Waals surface area contributed by atoms with Crippen LogP contribution in [0.2, 0.25) is 0 Å². The van der Waals surface area contributed by atoms with E-state index in [1.807, 2.05) is 11.8 Å². The van der Waals surface area contributed by atoms with E-state index in [1.54, 1.807) is 12.1 Å². The Hall–Kier alpha value is -0.940. The molecule has 0 aromatic carbocycles. The van der Waals surface area contributed by atoms with Crippen molar-refractivity contribution < 1.29 is 9.21 Å². The molecule has 18 heavy (non-hydrogen) atoms. The number of furan rings is 1. The highest BCUT2D eigenvalue weighted by Gasteiger charge is 2.33. The van der Waals surface area contributed by atoms with Gasteiger partial charge in [-0.15, -0.1) is 0 Å². The molecule has 3 N–H and O–H groups in total. The summed E-state index contributed by atoms with van der Waals surface area (Å²) in [5.41, 5.74) is 5.45. The molecule has 0 spiro atoms. The van der Waals surface area contributed by atoms with E-state index < -0.39 is 0 Å². The summed E-state index contributed by atoms with van der Waals surface area (Å²) in [7, 11) is 0. The quantitative estimate of drug-likeness (QED) is 0.858. The van der Waals surface area contributed by atoms with Crippen LogP contribution >= 0.6 is 11.8 Å². The zero-order chi connectivity index (χ0) is 13.0. The molecule has 1 aliphatic carbocycles. The van der Waals surface area contributed by atoms with Crippen LogP contribution in [-0.2, 0) is 6.54 Å². The van der Waals surface area contributed by atoms with Crippen molar-refractivity contribution >= 4 is 17.7 Å². The van der Waals surface area contributed by atoms with Crippen molar-refractivity contribution in [3.05, 3.63) is 23.7 Å². The molecular weight excluding hydrogens is 248 g/mol. The molecule has 5 heteroatoms. The number of nitrogens with one attached hydrogen (secondary N) is 1. The first-order chi connectivity index (χ1) is 8.69. The summed E-state index contributed by atoms with van der Waals surface area (Å²) in [6, 6.07) is 3.42. The maximum atomic E-state index is 11.9. The largest absolute Gasteiger partial charge is 0.455 e. The van der Waals surface area contributed by atoms with Crippen molar-refractivity contribution in [3.8, 4) is 0 Å². The minimum absolute atomic E-state index is 0.143. The topological polar surface area (TPSA) is 68.3 Å². The van der Waals surface area contributed by atoms with Crippen LogP contribution in [0.4, 0.5) is 0 Å². The molecule has 100 valence electrons. The minimum atomic E-state index is -0.143. The zero-order valence-corrected chi connectivity index (χ0v) is 11.5. The lowest BCUT2D eigenvalue weighted by atomic mass is 10.1. The fourth-order valence-corrected chi connectivity index (χ4v) is 3.32. The average Bonchev–Trinajstić information content (AvgIpc) is 3.05. The van der Waals surface area contributed by atoms with Crippen LogP contribution in [0.25, 0.3) is 0 Å². The second kappa shape index (κ2) is 5.80. The molecule has 1 amide bonds. The molecule has 0 unspecified atom stereocenters. The second-order valence-electron chi connectivity index (χ2n) is 4.75. The number of thioether (sulfide) groups is 1. The van der Waals surface area contributed by atoms with Gasteiger partial charge >= 0.3 is 0 Å². The standard InChI is InChI=1S/C13H20N2O2S/c1-18-13(6-2-3-7-13)9-15-12(16)11-5-4-10(8-14)17-11/h4-5H,2-3,6-9,14H2,1H3,(H,15,16). The molecule has 0 atom stereocenters. The minimum Gasteiger partial charge on any atom is -0.455 e. The van der Waals surface area contributed by atoms with Crippen LogP contribution < -0.4 is 11.1 Å². The van der Waals surface area contributed by atoms with Crippen molar-refractivity contribution in [3.63, 3.8) is 0 Å². The van der Waals surface area contributed by atoms with Gasteiger partial charge in [0.2, 0.25) is 0 Å². The molecule has 1 aliphatic rings. The molecule has 1 aromatic rings. The van der Waals surface area contributed by atoms with E-state index in [0.29, 0.717) is 24.6 Å². The average molecular weight is 268 g/mol. The van der Waals surface area contributed by atoms with Crippen LogP contribution in [0.15, 0.2) is 16.5 Å². The van der Waals surface area contributed by atoms with E-state index in [9.17, 15) is 4.79 Å². The lowest BCUT2D eigenvalue weighted by molar-refractivity contribution is 0.0920. The fraction of sp³-hybridized carbons (Fsp3) is 0.615. The molecule has 2 rings (SSSR count). The molecule has 0 radical (unpaired) electrons. The number of carbonyl (C=O) groups is 1. The zero-order valence-electron chi connectivity index (χ0n) is 10.7. The van der Waals surface area contributed by atoms with Crippen LogP contribution in [0.1, 0.15) is 42.0 Å². The van der Waals surface area contributed by atoms with Gasteiger partial charge in [0.25, 0.3) is 5.91 Å². The van der Waals surface area contributed by atoms with E-state index in [2.05, 4.69) is 11.6 Å². The Bertz CT molecular complexity index is 411. The van der Waals surface area contributed by atoms with Gasteiger partial charge in [0.1, 0.15) is 5.76 Å². The van der Waals surface area contributed by atoms with Gasteiger partial charge < -0.3 is 15.5 Å². The van der Waals surface area contributed by atoms with Gasteiger partial charge in [-0.1, -0.05) is 12.8 Å². The summed E-state index contributed by atoms with van der Waals surface area (Å²) in [5.74, 6) is 0.848. The molecule has 0 aliphatic heterocycles. The van der Waals surface area contributed by atoms with Crippen molar-refractivity contribution in [1.29, 1.82) is 0 Å². The Morgan fingerprint density at radius 1 is 1.50 bits per heavy atom. The summed E-state index contributed by atoms with van der Waals surface area (Å²) in [6.07, 6.45) is 7.00. The van der Waals surface area contributed by atoms with Crippen molar-refractivity contribution in [2.45, 2.75) is 37.0 Å². The van der Waals surface area contributed by atoms with E-state index in [0.717, 1.165) is 0 Å². The van der Waals surface area contributed by atoms with Crippen LogP contribution in [0, 0.1) is 0 Å². The SMILES string of the molecule is CSC1(CNC(=O)c2ccc(CN)o2)CCCC1. The smallest absolute Gasteiger partial charge is 0.287 e. The first kappa shape index (κ1) is 13.5. The van der Waals surface area contributed by atoms with E-state index in [-0.39, 0.29) is 10.7 Å². The van der Waals surface area contributed by atoms with Gasteiger partial charge in [0.05, 0.1) is 6.54 Å². The second-order valence-corrected chi connectivity index (χ2v) is 6.02. The summed E-state index contributed by atoms with van der Waals surface area (Å²) in [5, 5.41) is 2.98. The maximum absolute atomic E-state index is 11.9. The molecule has 1 aromatic heterocycles. The molecule has 4 nitrogen and oxygen atoms in total. The summed E-state index contributed by atoms with van der Waals surface area (Å²) in [6.45, 7) is 1.04. The predicted octanol–water partition coefficient (Wildman–Crippen LogP) is 2.14. The van der Waals surface area contributed by atoms with E-state index in [1.165, 1.54) is 25.7 Å². The first-order valence-electron chi connectivity index (χ1n) is 6.31. The van der Waals surface area contributed by atoms with Crippen LogP contribution in [-0.4, -0.2) is 23.5 Å². The van der Waals surface area contributed by atoms with E-state index in [4.69, 9.17) is 10.2 Å². The third-order valence-corrected chi connectivity index (χ3v) is 5.02. The highest BCUT2D eigenvalue weighted by atomic mass is 32.2. The number of hydrogen-bond donors (Lipinski definition) is 2. The van der Waals surface area contributed by atoms with Gasteiger partial charge in [-0.3, -0.25) is 4.79 Å². The van der Waals surface area contributed by atoms with Crippen LogP contribution in [0.3, 0.4) is 0 Å². The summed E-state index contributed by atoms with van der Waals surface area (Å²) >= 11 is 1.86. The number of amides is 1. The molecule has 1 saturated carbocycles. The first-order valence-corrected chi connectivity index (χ1v) is 7.54. The number of hydrogen-bond acceptors (Lipinski definition) is 4. The Labute approximate surface area is 112 Å². The Morgan fingerprint density at radius 3 is 2.78 bits per heavy atom. The Balaban J connectivity index is 1.91. The predicted molar refractivity (Wildman–Crippen MR) is 73.6 cm³/mol. The van der Waals surface area contributed by atoms with Gasteiger partial charge in [-0.25, -0.2) is 0 Å². The highest BCUT2D eigenvalue weighted by Crippen LogP contribution is 2.39. The third-order valence-electron chi connectivity index (χ3n) is 3.61. The Kier molecular flexibility index (Phi) is 4.35. The van der Waals surface area contributed by atoms with Crippen LogP contribution in [0.5, 0.6) is 0 Å². The van der Waals surface area contributed by atoms with Gasteiger partial charge in [-0.05, 0) is 31.2 Å². The molecular formula is C13H20N2O2S. The van der Waals surface area contributed by atoms with Gasteiger partial charge in [0.15, 0.2) is 5.76 Å². The molecule has 0 bridgehead atoms. The highest BCUT2D eigenvalue weighted by molar-refractivity contribution is 8.00. The van der Waals surface area contributed by atoms with Crippen molar-refractivity contribution in [2.75, 3.05) is 12.8 Å². The molecule has 0 saturated heterocycles. The number of carbonyl (C=O) groups excluding carboxylic acids is 1. The Morgan fingerprint density at radius 2 is 2.22 bits per heavy atom. The van der Waals surface area contributed by atoms with Crippen molar-refractivity contribution in [2.24, 2.45) is 5.73 Å². The maximum Gasteiger partial charge on any atom is 0.287 e.